The quantitative estimate of drug-likeness (QED) is 0.904. The lowest BCUT2D eigenvalue weighted by atomic mass is 10.2. The molecular formula is C12H7BrF2N2O2. The van der Waals surface area contributed by atoms with E-state index < -0.39 is 17.6 Å². The molecule has 0 saturated heterocycles. The minimum atomic E-state index is -1.12. The minimum Gasteiger partial charge on any atom is -0.478 e. The van der Waals surface area contributed by atoms with Crippen LogP contribution < -0.4 is 5.32 Å². The molecule has 2 aromatic rings. The number of benzene rings is 1. The molecule has 1 heterocycles. The molecule has 2 rings (SSSR count). The zero-order valence-corrected chi connectivity index (χ0v) is 10.9. The number of halogens is 3. The van der Waals surface area contributed by atoms with Crippen molar-refractivity contribution >= 4 is 33.4 Å². The third kappa shape index (κ3) is 3.05. The summed E-state index contributed by atoms with van der Waals surface area (Å²) in [7, 11) is 0. The van der Waals surface area contributed by atoms with Crippen LogP contribution in [0, 0.1) is 11.6 Å². The lowest BCUT2D eigenvalue weighted by Gasteiger charge is -2.08. The summed E-state index contributed by atoms with van der Waals surface area (Å²) < 4.78 is 27.4. The highest BCUT2D eigenvalue weighted by atomic mass is 79.9. The first-order chi connectivity index (χ1) is 8.97. The van der Waals surface area contributed by atoms with Crippen molar-refractivity contribution in [3.63, 3.8) is 0 Å². The first-order valence-corrected chi connectivity index (χ1v) is 5.87. The lowest BCUT2D eigenvalue weighted by Crippen LogP contribution is -2.02. The van der Waals surface area contributed by atoms with Gasteiger partial charge in [0.05, 0.1) is 5.56 Å². The second kappa shape index (κ2) is 5.31. The van der Waals surface area contributed by atoms with E-state index in [0.29, 0.717) is 0 Å². The van der Waals surface area contributed by atoms with Crippen LogP contribution in [0.1, 0.15) is 10.4 Å². The van der Waals surface area contributed by atoms with Gasteiger partial charge in [0, 0.05) is 10.7 Å². The van der Waals surface area contributed by atoms with Gasteiger partial charge in [0.2, 0.25) is 0 Å². The second-order valence-corrected chi connectivity index (χ2v) is 4.52. The summed E-state index contributed by atoms with van der Waals surface area (Å²) in [4.78, 5) is 14.4. The van der Waals surface area contributed by atoms with Crippen LogP contribution in [-0.4, -0.2) is 16.1 Å². The normalized spacial score (nSPS) is 10.3. The first-order valence-electron chi connectivity index (χ1n) is 5.08. The van der Waals surface area contributed by atoms with Crippen molar-refractivity contribution in [2.45, 2.75) is 0 Å². The molecule has 0 amide bonds. The molecule has 0 spiro atoms. The maximum absolute atomic E-state index is 13.6. The largest absolute Gasteiger partial charge is 0.478 e. The fourth-order valence-corrected chi connectivity index (χ4v) is 1.79. The molecule has 2 N–H and O–H groups in total. The molecule has 0 unspecified atom stereocenters. The Morgan fingerprint density at radius 3 is 2.37 bits per heavy atom. The Morgan fingerprint density at radius 2 is 1.89 bits per heavy atom. The smallest absolute Gasteiger partial charge is 0.337 e. The molecule has 1 aromatic heterocycles. The fourth-order valence-electron chi connectivity index (χ4n) is 1.38. The zero-order chi connectivity index (χ0) is 14.0. The standard InChI is InChI=1S/C12H7BrF2N2O2/c13-7-3-8(14)11(9(15)4-7)17-10-2-1-6(5-16-10)12(18)19/h1-5H,(H,16,17)(H,18,19). The number of rotatable bonds is 3. The number of hydrogen-bond donors (Lipinski definition) is 2. The van der Waals surface area contributed by atoms with Crippen molar-refractivity contribution in [2.24, 2.45) is 0 Å². The van der Waals surface area contributed by atoms with Gasteiger partial charge in [0.25, 0.3) is 0 Å². The Hall–Kier alpha value is -2.02. The van der Waals surface area contributed by atoms with Crippen LogP contribution in [0.2, 0.25) is 0 Å². The molecule has 4 nitrogen and oxygen atoms in total. The third-order valence-electron chi connectivity index (χ3n) is 2.27. The van der Waals surface area contributed by atoms with E-state index >= 15 is 0 Å². The molecule has 0 bridgehead atoms. The van der Waals surface area contributed by atoms with Gasteiger partial charge >= 0.3 is 5.97 Å². The Kier molecular flexibility index (Phi) is 3.75. The van der Waals surface area contributed by atoms with E-state index in [4.69, 9.17) is 5.11 Å². The molecule has 0 saturated carbocycles. The topological polar surface area (TPSA) is 62.2 Å². The number of nitrogens with one attached hydrogen (secondary N) is 1. The molecule has 98 valence electrons. The van der Waals surface area contributed by atoms with Crippen molar-refractivity contribution in [1.29, 1.82) is 0 Å². The van der Waals surface area contributed by atoms with Gasteiger partial charge in [-0.15, -0.1) is 0 Å². The van der Waals surface area contributed by atoms with E-state index in [2.05, 4.69) is 26.2 Å². The number of hydrogen-bond acceptors (Lipinski definition) is 3. The monoisotopic (exact) mass is 328 g/mol. The van der Waals surface area contributed by atoms with E-state index in [1.165, 1.54) is 12.1 Å². The van der Waals surface area contributed by atoms with Crippen LogP contribution in [0.3, 0.4) is 0 Å². The van der Waals surface area contributed by atoms with Crippen molar-refractivity contribution < 1.29 is 18.7 Å². The van der Waals surface area contributed by atoms with Crippen molar-refractivity contribution in [3.05, 3.63) is 52.1 Å². The van der Waals surface area contributed by atoms with E-state index in [9.17, 15) is 13.6 Å². The number of carboxylic acids is 1. The predicted molar refractivity (Wildman–Crippen MR) is 68.5 cm³/mol. The Morgan fingerprint density at radius 1 is 1.26 bits per heavy atom. The summed E-state index contributed by atoms with van der Waals surface area (Å²) in [6.45, 7) is 0. The number of anilines is 2. The van der Waals surface area contributed by atoms with Gasteiger partial charge in [-0.05, 0) is 24.3 Å². The summed E-state index contributed by atoms with van der Waals surface area (Å²) in [6.07, 6.45) is 1.10. The van der Waals surface area contributed by atoms with Crippen LogP contribution in [0.15, 0.2) is 34.9 Å². The third-order valence-corrected chi connectivity index (χ3v) is 2.73. The molecule has 7 heteroatoms. The second-order valence-electron chi connectivity index (χ2n) is 3.61. The first kappa shape index (κ1) is 13.4. The molecule has 0 aliphatic heterocycles. The van der Waals surface area contributed by atoms with E-state index in [0.717, 1.165) is 18.3 Å². The summed E-state index contributed by atoms with van der Waals surface area (Å²) in [5.41, 5.74) is -0.360. The molecule has 0 radical (unpaired) electrons. The van der Waals surface area contributed by atoms with Crippen LogP contribution in [0.25, 0.3) is 0 Å². The van der Waals surface area contributed by atoms with E-state index in [1.54, 1.807) is 0 Å². The zero-order valence-electron chi connectivity index (χ0n) is 9.32. The summed E-state index contributed by atoms with van der Waals surface area (Å²) in [5, 5.41) is 11.2. The SMILES string of the molecule is O=C(O)c1ccc(Nc2c(F)cc(Br)cc2F)nc1. The van der Waals surface area contributed by atoms with Gasteiger partial charge in [-0.2, -0.15) is 0 Å². The van der Waals surface area contributed by atoms with Gasteiger partial charge in [0.1, 0.15) is 11.5 Å². The van der Waals surface area contributed by atoms with Gasteiger partial charge in [-0.25, -0.2) is 18.6 Å². The molecule has 0 aliphatic carbocycles. The number of carboxylic acid groups (broad SMARTS) is 1. The summed E-state index contributed by atoms with van der Waals surface area (Å²) in [6, 6.07) is 4.82. The van der Waals surface area contributed by atoms with Crippen LogP contribution in [0.5, 0.6) is 0 Å². The molecule has 0 aliphatic rings. The predicted octanol–water partition coefficient (Wildman–Crippen LogP) is 3.56. The number of aromatic nitrogens is 1. The molecule has 0 fully saturated rings. The highest BCUT2D eigenvalue weighted by Crippen LogP contribution is 2.26. The maximum Gasteiger partial charge on any atom is 0.337 e. The Labute approximate surface area is 115 Å². The van der Waals surface area contributed by atoms with Gasteiger partial charge < -0.3 is 10.4 Å². The van der Waals surface area contributed by atoms with Crippen LogP contribution in [0.4, 0.5) is 20.3 Å². The van der Waals surface area contributed by atoms with E-state index in [-0.39, 0.29) is 21.5 Å². The van der Waals surface area contributed by atoms with Crippen molar-refractivity contribution in [1.82, 2.24) is 4.98 Å². The fraction of sp³-hybridized carbons (Fsp3) is 0. The highest BCUT2D eigenvalue weighted by molar-refractivity contribution is 9.10. The summed E-state index contributed by atoms with van der Waals surface area (Å²) >= 11 is 2.97. The minimum absolute atomic E-state index is 0.0118. The number of pyridine rings is 1. The Bertz CT molecular complexity index is 609. The average molecular weight is 329 g/mol. The average Bonchev–Trinajstić information content (AvgIpc) is 2.34. The number of aromatic carboxylic acids is 1. The van der Waals surface area contributed by atoms with Gasteiger partial charge in [0.15, 0.2) is 11.6 Å². The van der Waals surface area contributed by atoms with Crippen LogP contribution >= 0.6 is 15.9 Å². The van der Waals surface area contributed by atoms with Crippen molar-refractivity contribution in [3.8, 4) is 0 Å². The maximum atomic E-state index is 13.6. The molecule has 19 heavy (non-hydrogen) atoms. The lowest BCUT2D eigenvalue weighted by molar-refractivity contribution is 0.0696. The molecule has 1 aromatic carbocycles. The number of nitrogens with zero attached hydrogens (tertiary/aromatic N) is 1. The van der Waals surface area contributed by atoms with Gasteiger partial charge in [-0.3, -0.25) is 0 Å². The molecule has 0 atom stereocenters. The van der Waals surface area contributed by atoms with E-state index in [1.807, 2.05) is 0 Å². The van der Waals surface area contributed by atoms with Crippen LogP contribution in [-0.2, 0) is 0 Å². The summed E-state index contributed by atoms with van der Waals surface area (Å²) in [5.74, 6) is -2.54. The molecular weight excluding hydrogens is 322 g/mol. The number of carbonyl (C=O) groups is 1. The van der Waals surface area contributed by atoms with Gasteiger partial charge in [-0.1, -0.05) is 15.9 Å². The highest BCUT2D eigenvalue weighted by Gasteiger charge is 2.11. The Balaban J connectivity index is 2.29. The van der Waals surface area contributed by atoms with Crippen molar-refractivity contribution in [2.75, 3.05) is 5.32 Å².